The summed E-state index contributed by atoms with van der Waals surface area (Å²) in [4.78, 5) is 11.7. The van der Waals surface area contributed by atoms with E-state index in [1.165, 1.54) is 0 Å². The standard InChI is InChI=1S/C11H14BrClN2O/c1-7(5-14)6-15-11(16)9-3-2-8(12)4-10(9)13/h2-4,7H,5-6,14H2,1H3,(H,15,16). The van der Waals surface area contributed by atoms with E-state index in [2.05, 4.69) is 21.2 Å². The van der Waals surface area contributed by atoms with Crippen molar-refractivity contribution < 1.29 is 4.79 Å². The van der Waals surface area contributed by atoms with Gasteiger partial charge in [-0.25, -0.2) is 0 Å². The molecule has 1 rings (SSSR count). The third-order valence-electron chi connectivity index (χ3n) is 2.19. The Hall–Kier alpha value is -0.580. The smallest absolute Gasteiger partial charge is 0.252 e. The SMILES string of the molecule is CC(CN)CNC(=O)c1ccc(Br)cc1Cl. The van der Waals surface area contributed by atoms with E-state index in [1.807, 2.05) is 6.92 Å². The van der Waals surface area contributed by atoms with Crippen molar-refractivity contribution in [2.24, 2.45) is 11.7 Å². The van der Waals surface area contributed by atoms with Gasteiger partial charge in [0.15, 0.2) is 0 Å². The molecule has 0 aromatic heterocycles. The van der Waals surface area contributed by atoms with Crippen LogP contribution in [0.3, 0.4) is 0 Å². The summed E-state index contributed by atoms with van der Waals surface area (Å²) in [6.07, 6.45) is 0. The van der Waals surface area contributed by atoms with Gasteiger partial charge in [0.25, 0.3) is 5.91 Å². The highest BCUT2D eigenvalue weighted by Crippen LogP contribution is 2.21. The van der Waals surface area contributed by atoms with Crippen molar-refractivity contribution in [3.8, 4) is 0 Å². The molecule has 5 heteroatoms. The summed E-state index contributed by atoms with van der Waals surface area (Å²) >= 11 is 9.24. The third-order valence-corrected chi connectivity index (χ3v) is 3.00. The van der Waals surface area contributed by atoms with Crippen LogP contribution in [0.4, 0.5) is 0 Å². The highest BCUT2D eigenvalue weighted by molar-refractivity contribution is 9.10. The van der Waals surface area contributed by atoms with Crippen LogP contribution in [0, 0.1) is 5.92 Å². The van der Waals surface area contributed by atoms with Crippen LogP contribution in [-0.4, -0.2) is 19.0 Å². The maximum absolute atomic E-state index is 11.7. The Bertz CT molecular complexity index is 384. The van der Waals surface area contributed by atoms with E-state index in [1.54, 1.807) is 18.2 Å². The van der Waals surface area contributed by atoms with E-state index >= 15 is 0 Å². The maximum Gasteiger partial charge on any atom is 0.252 e. The van der Waals surface area contributed by atoms with Gasteiger partial charge in [-0.1, -0.05) is 34.5 Å². The number of carbonyl (C=O) groups excluding carboxylic acids is 1. The van der Waals surface area contributed by atoms with Crippen LogP contribution in [0.1, 0.15) is 17.3 Å². The number of nitrogens with one attached hydrogen (secondary N) is 1. The number of rotatable bonds is 4. The Morgan fingerprint density at radius 1 is 1.62 bits per heavy atom. The molecule has 16 heavy (non-hydrogen) atoms. The quantitative estimate of drug-likeness (QED) is 0.897. The molecule has 1 unspecified atom stereocenters. The van der Waals surface area contributed by atoms with Crippen molar-refractivity contribution in [2.45, 2.75) is 6.92 Å². The Morgan fingerprint density at radius 3 is 2.88 bits per heavy atom. The van der Waals surface area contributed by atoms with Crippen LogP contribution in [0.2, 0.25) is 5.02 Å². The molecule has 0 radical (unpaired) electrons. The lowest BCUT2D eigenvalue weighted by Gasteiger charge is -2.10. The lowest BCUT2D eigenvalue weighted by atomic mass is 10.1. The molecule has 0 spiro atoms. The van der Waals surface area contributed by atoms with Crippen LogP contribution in [-0.2, 0) is 0 Å². The summed E-state index contributed by atoms with van der Waals surface area (Å²) in [6, 6.07) is 5.17. The van der Waals surface area contributed by atoms with E-state index in [4.69, 9.17) is 17.3 Å². The lowest BCUT2D eigenvalue weighted by molar-refractivity contribution is 0.0948. The number of hydrogen-bond acceptors (Lipinski definition) is 2. The largest absolute Gasteiger partial charge is 0.352 e. The fourth-order valence-electron chi connectivity index (χ4n) is 1.12. The number of amides is 1. The molecule has 0 fully saturated rings. The van der Waals surface area contributed by atoms with E-state index in [9.17, 15) is 4.79 Å². The van der Waals surface area contributed by atoms with E-state index in [0.717, 1.165) is 4.47 Å². The highest BCUT2D eigenvalue weighted by Gasteiger charge is 2.10. The van der Waals surface area contributed by atoms with Crippen molar-refractivity contribution in [3.63, 3.8) is 0 Å². The van der Waals surface area contributed by atoms with Gasteiger partial charge in [0.05, 0.1) is 10.6 Å². The molecule has 0 aliphatic carbocycles. The van der Waals surface area contributed by atoms with Gasteiger partial charge in [0, 0.05) is 11.0 Å². The van der Waals surface area contributed by atoms with Gasteiger partial charge < -0.3 is 11.1 Å². The molecule has 88 valence electrons. The zero-order chi connectivity index (χ0) is 12.1. The van der Waals surface area contributed by atoms with Crippen molar-refractivity contribution in [1.29, 1.82) is 0 Å². The van der Waals surface area contributed by atoms with Crippen molar-refractivity contribution in [2.75, 3.05) is 13.1 Å². The van der Waals surface area contributed by atoms with Crippen molar-refractivity contribution in [1.82, 2.24) is 5.32 Å². The number of nitrogens with two attached hydrogens (primary N) is 1. The van der Waals surface area contributed by atoms with Crippen LogP contribution >= 0.6 is 27.5 Å². The van der Waals surface area contributed by atoms with Gasteiger partial charge >= 0.3 is 0 Å². The number of hydrogen-bond donors (Lipinski definition) is 2. The fourth-order valence-corrected chi connectivity index (χ4v) is 1.88. The predicted octanol–water partition coefficient (Wildman–Crippen LogP) is 2.43. The van der Waals surface area contributed by atoms with Crippen LogP contribution < -0.4 is 11.1 Å². The number of benzene rings is 1. The van der Waals surface area contributed by atoms with Crippen LogP contribution in [0.5, 0.6) is 0 Å². The first-order valence-electron chi connectivity index (χ1n) is 4.98. The van der Waals surface area contributed by atoms with Gasteiger partial charge in [-0.05, 0) is 30.7 Å². The topological polar surface area (TPSA) is 55.1 Å². The highest BCUT2D eigenvalue weighted by atomic mass is 79.9. The Balaban J connectivity index is 2.66. The van der Waals surface area contributed by atoms with Crippen molar-refractivity contribution in [3.05, 3.63) is 33.3 Å². The summed E-state index contributed by atoms with van der Waals surface area (Å²) in [7, 11) is 0. The predicted molar refractivity (Wildman–Crippen MR) is 69.7 cm³/mol. The molecule has 1 atom stereocenters. The average molecular weight is 306 g/mol. The Kier molecular flexibility index (Phi) is 5.25. The first-order chi connectivity index (χ1) is 7.54. The van der Waals surface area contributed by atoms with Crippen LogP contribution in [0.15, 0.2) is 22.7 Å². The third kappa shape index (κ3) is 3.77. The van der Waals surface area contributed by atoms with Gasteiger partial charge in [0.2, 0.25) is 0 Å². The normalized spacial score (nSPS) is 12.2. The molecule has 0 bridgehead atoms. The van der Waals surface area contributed by atoms with E-state index in [-0.39, 0.29) is 11.8 Å². The van der Waals surface area contributed by atoms with E-state index < -0.39 is 0 Å². The number of halogens is 2. The fraction of sp³-hybridized carbons (Fsp3) is 0.364. The number of carbonyl (C=O) groups is 1. The van der Waals surface area contributed by atoms with Gasteiger partial charge in [-0.15, -0.1) is 0 Å². The van der Waals surface area contributed by atoms with Gasteiger partial charge in [0.1, 0.15) is 0 Å². The summed E-state index contributed by atoms with van der Waals surface area (Å²) in [5.41, 5.74) is 5.94. The van der Waals surface area contributed by atoms with Gasteiger partial charge in [-0.3, -0.25) is 4.79 Å². The second kappa shape index (κ2) is 6.23. The van der Waals surface area contributed by atoms with Crippen molar-refractivity contribution >= 4 is 33.4 Å². The Labute approximate surface area is 108 Å². The first kappa shape index (κ1) is 13.5. The zero-order valence-corrected chi connectivity index (χ0v) is 11.3. The molecule has 0 saturated carbocycles. The molecular formula is C11H14BrClN2O. The summed E-state index contributed by atoms with van der Waals surface area (Å²) in [5, 5.41) is 3.23. The van der Waals surface area contributed by atoms with Gasteiger partial charge in [-0.2, -0.15) is 0 Å². The average Bonchev–Trinajstić information content (AvgIpc) is 2.25. The molecule has 0 heterocycles. The molecule has 3 N–H and O–H groups in total. The molecule has 0 aliphatic rings. The second-order valence-corrected chi connectivity index (χ2v) is 5.00. The Morgan fingerprint density at radius 2 is 2.31 bits per heavy atom. The molecule has 0 saturated heterocycles. The molecule has 0 aliphatic heterocycles. The second-order valence-electron chi connectivity index (χ2n) is 3.68. The molecule has 1 amide bonds. The maximum atomic E-state index is 11.7. The molecule has 1 aromatic carbocycles. The summed E-state index contributed by atoms with van der Waals surface area (Å²) in [6.45, 7) is 3.08. The molecule has 1 aromatic rings. The van der Waals surface area contributed by atoms with E-state index in [0.29, 0.717) is 23.7 Å². The minimum atomic E-state index is -0.169. The monoisotopic (exact) mass is 304 g/mol. The zero-order valence-electron chi connectivity index (χ0n) is 8.97. The molecular weight excluding hydrogens is 291 g/mol. The first-order valence-corrected chi connectivity index (χ1v) is 6.15. The molecule has 3 nitrogen and oxygen atoms in total. The summed E-state index contributed by atoms with van der Waals surface area (Å²) in [5.74, 6) is 0.0935. The van der Waals surface area contributed by atoms with Crippen LogP contribution in [0.25, 0.3) is 0 Å². The lowest BCUT2D eigenvalue weighted by Crippen LogP contribution is -2.31. The minimum Gasteiger partial charge on any atom is -0.352 e. The summed E-state index contributed by atoms with van der Waals surface area (Å²) < 4.78 is 0.851. The minimum absolute atomic E-state index is 0.169.